The SMILES string of the molecule is CCOc1cc(/C=N\Nc2nc(-c3ccc(Br)cc3)cs2)ccc1OS(=O)(=O)c1ccccc1. The molecule has 0 unspecified atom stereocenters. The summed E-state index contributed by atoms with van der Waals surface area (Å²) in [5.41, 5.74) is 5.49. The van der Waals surface area contributed by atoms with Crippen molar-refractivity contribution in [3.8, 4) is 22.8 Å². The number of nitrogens with one attached hydrogen (secondary N) is 1. The number of thiazole rings is 1. The van der Waals surface area contributed by atoms with Crippen molar-refractivity contribution in [1.82, 2.24) is 4.98 Å². The van der Waals surface area contributed by atoms with Crippen molar-refractivity contribution in [1.29, 1.82) is 0 Å². The van der Waals surface area contributed by atoms with Crippen molar-refractivity contribution in [2.45, 2.75) is 11.8 Å². The molecule has 0 radical (unpaired) electrons. The quantitative estimate of drug-likeness (QED) is 0.150. The van der Waals surface area contributed by atoms with E-state index in [1.54, 1.807) is 42.6 Å². The second-order valence-electron chi connectivity index (χ2n) is 6.90. The fourth-order valence-corrected chi connectivity index (χ4v) is 4.83. The second-order valence-corrected chi connectivity index (χ2v) is 10.2. The zero-order chi connectivity index (χ0) is 24.0. The molecule has 1 N–H and O–H groups in total. The first kappa shape index (κ1) is 23.9. The summed E-state index contributed by atoms with van der Waals surface area (Å²) < 4.78 is 37.1. The topological polar surface area (TPSA) is 89.9 Å². The van der Waals surface area contributed by atoms with E-state index < -0.39 is 10.1 Å². The molecule has 4 aromatic rings. The Morgan fingerprint density at radius 3 is 2.56 bits per heavy atom. The lowest BCUT2D eigenvalue weighted by atomic mass is 10.2. The van der Waals surface area contributed by atoms with Gasteiger partial charge < -0.3 is 8.92 Å². The fourth-order valence-electron chi connectivity index (χ4n) is 2.94. The number of anilines is 1. The van der Waals surface area contributed by atoms with Crippen LogP contribution in [0.15, 0.2) is 92.6 Å². The highest BCUT2D eigenvalue weighted by atomic mass is 79.9. The van der Waals surface area contributed by atoms with Crippen molar-refractivity contribution in [3.63, 3.8) is 0 Å². The minimum Gasteiger partial charge on any atom is -0.490 e. The molecule has 0 fully saturated rings. The van der Waals surface area contributed by atoms with E-state index in [9.17, 15) is 8.42 Å². The number of halogens is 1. The van der Waals surface area contributed by atoms with Crippen molar-refractivity contribution in [3.05, 3.63) is 88.2 Å². The van der Waals surface area contributed by atoms with Gasteiger partial charge in [-0.15, -0.1) is 11.3 Å². The van der Waals surface area contributed by atoms with Gasteiger partial charge in [0.2, 0.25) is 5.13 Å². The van der Waals surface area contributed by atoms with Crippen molar-refractivity contribution in [2.24, 2.45) is 5.10 Å². The van der Waals surface area contributed by atoms with E-state index in [1.165, 1.54) is 23.5 Å². The molecular formula is C24H20BrN3O4S2. The smallest absolute Gasteiger partial charge is 0.339 e. The van der Waals surface area contributed by atoms with E-state index in [4.69, 9.17) is 8.92 Å². The number of benzene rings is 3. The summed E-state index contributed by atoms with van der Waals surface area (Å²) in [5.74, 6) is 0.410. The van der Waals surface area contributed by atoms with E-state index in [-0.39, 0.29) is 10.6 Å². The molecule has 0 spiro atoms. The number of hydrogen-bond acceptors (Lipinski definition) is 8. The molecule has 4 rings (SSSR count). The van der Waals surface area contributed by atoms with Crippen LogP contribution in [0.3, 0.4) is 0 Å². The zero-order valence-electron chi connectivity index (χ0n) is 18.0. The molecule has 0 saturated carbocycles. The molecule has 0 saturated heterocycles. The van der Waals surface area contributed by atoms with Gasteiger partial charge in [0, 0.05) is 15.4 Å². The van der Waals surface area contributed by atoms with Crippen LogP contribution in [0.25, 0.3) is 11.3 Å². The van der Waals surface area contributed by atoms with E-state index in [1.807, 2.05) is 36.6 Å². The summed E-state index contributed by atoms with van der Waals surface area (Å²) in [4.78, 5) is 4.61. The highest BCUT2D eigenvalue weighted by Crippen LogP contribution is 2.31. The largest absolute Gasteiger partial charge is 0.490 e. The van der Waals surface area contributed by atoms with Crippen molar-refractivity contribution < 1.29 is 17.3 Å². The zero-order valence-corrected chi connectivity index (χ0v) is 21.2. The fraction of sp³-hybridized carbons (Fsp3) is 0.0833. The van der Waals surface area contributed by atoms with Crippen LogP contribution in [-0.2, 0) is 10.1 Å². The van der Waals surface area contributed by atoms with Crippen LogP contribution >= 0.6 is 27.3 Å². The molecule has 0 aliphatic carbocycles. The number of hydrogen-bond donors (Lipinski definition) is 1. The van der Waals surface area contributed by atoms with E-state index in [0.29, 0.717) is 23.1 Å². The van der Waals surface area contributed by atoms with Crippen LogP contribution in [0.2, 0.25) is 0 Å². The molecule has 1 aromatic heterocycles. The molecule has 3 aromatic carbocycles. The first-order valence-electron chi connectivity index (χ1n) is 10.2. The van der Waals surface area contributed by atoms with E-state index in [2.05, 4.69) is 31.4 Å². The summed E-state index contributed by atoms with van der Waals surface area (Å²) in [6.45, 7) is 2.15. The number of nitrogens with zero attached hydrogens (tertiary/aromatic N) is 2. The van der Waals surface area contributed by atoms with Gasteiger partial charge in [-0.3, -0.25) is 5.43 Å². The lowest BCUT2D eigenvalue weighted by Crippen LogP contribution is -2.10. The van der Waals surface area contributed by atoms with Gasteiger partial charge in [0.1, 0.15) is 4.90 Å². The Morgan fingerprint density at radius 2 is 1.82 bits per heavy atom. The first-order valence-corrected chi connectivity index (χ1v) is 13.3. The van der Waals surface area contributed by atoms with Gasteiger partial charge in [-0.2, -0.15) is 13.5 Å². The predicted molar refractivity (Wildman–Crippen MR) is 138 cm³/mol. The summed E-state index contributed by atoms with van der Waals surface area (Å²) in [6.07, 6.45) is 1.60. The van der Waals surface area contributed by atoms with Crippen LogP contribution in [0.1, 0.15) is 12.5 Å². The molecule has 174 valence electrons. The lowest BCUT2D eigenvalue weighted by molar-refractivity contribution is 0.327. The van der Waals surface area contributed by atoms with Gasteiger partial charge >= 0.3 is 10.1 Å². The third-order valence-electron chi connectivity index (χ3n) is 4.52. The minimum atomic E-state index is -3.98. The van der Waals surface area contributed by atoms with E-state index >= 15 is 0 Å². The molecule has 1 heterocycles. The third kappa shape index (κ3) is 6.02. The van der Waals surface area contributed by atoms with E-state index in [0.717, 1.165) is 15.7 Å². The summed E-state index contributed by atoms with van der Waals surface area (Å²) in [5, 5.41) is 6.84. The Labute approximate surface area is 210 Å². The van der Waals surface area contributed by atoms with Crippen LogP contribution < -0.4 is 14.3 Å². The highest BCUT2D eigenvalue weighted by Gasteiger charge is 2.19. The maximum atomic E-state index is 12.6. The molecule has 0 atom stereocenters. The number of hydrazone groups is 1. The van der Waals surface area contributed by atoms with Crippen LogP contribution in [-0.4, -0.2) is 26.2 Å². The monoisotopic (exact) mass is 557 g/mol. The minimum absolute atomic E-state index is 0.0678. The second kappa shape index (κ2) is 10.8. The Kier molecular flexibility index (Phi) is 7.61. The average Bonchev–Trinajstić information content (AvgIpc) is 3.31. The Morgan fingerprint density at radius 1 is 1.06 bits per heavy atom. The van der Waals surface area contributed by atoms with Crippen molar-refractivity contribution in [2.75, 3.05) is 12.0 Å². The maximum absolute atomic E-state index is 12.6. The Hall–Kier alpha value is -3.21. The summed E-state index contributed by atoms with van der Waals surface area (Å²) in [6, 6.07) is 20.8. The standard InChI is InChI=1S/C24H20BrN3O4S2/c1-2-31-23-14-17(8-13-22(23)32-34(29,30)20-6-4-3-5-7-20)15-26-28-24-27-21(16-33-24)18-9-11-19(25)12-10-18/h3-16H,2H2,1H3,(H,27,28)/b26-15-. The summed E-state index contributed by atoms with van der Waals surface area (Å²) in [7, 11) is -3.98. The molecule has 34 heavy (non-hydrogen) atoms. The van der Waals surface area contributed by atoms with Gasteiger partial charge in [0.25, 0.3) is 0 Å². The molecule has 7 nitrogen and oxygen atoms in total. The molecule has 0 aliphatic rings. The average molecular weight is 558 g/mol. The lowest BCUT2D eigenvalue weighted by Gasteiger charge is -2.12. The molecule has 10 heteroatoms. The molecule has 0 bridgehead atoms. The van der Waals surface area contributed by atoms with Gasteiger partial charge in [0.05, 0.1) is 18.5 Å². The highest BCUT2D eigenvalue weighted by molar-refractivity contribution is 9.10. The number of rotatable bonds is 9. The third-order valence-corrected chi connectivity index (χ3v) is 7.04. The van der Waals surface area contributed by atoms with Crippen LogP contribution in [0, 0.1) is 0 Å². The van der Waals surface area contributed by atoms with Gasteiger partial charge in [-0.25, -0.2) is 4.98 Å². The Bertz CT molecular complexity index is 1390. The van der Waals surface area contributed by atoms with Gasteiger partial charge in [-0.1, -0.05) is 46.3 Å². The molecular weight excluding hydrogens is 538 g/mol. The van der Waals surface area contributed by atoms with Gasteiger partial charge in [0.15, 0.2) is 11.5 Å². The van der Waals surface area contributed by atoms with Crippen LogP contribution in [0.5, 0.6) is 11.5 Å². The molecule has 0 amide bonds. The first-order chi connectivity index (χ1) is 16.4. The maximum Gasteiger partial charge on any atom is 0.339 e. The van der Waals surface area contributed by atoms with Crippen LogP contribution in [0.4, 0.5) is 5.13 Å². The normalized spacial score (nSPS) is 11.5. The van der Waals surface area contributed by atoms with Crippen molar-refractivity contribution >= 4 is 48.7 Å². The summed E-state index contributed by atoms with van der Waals surface area (Å²) >= 11 is 4.87. The number of ether oxygens (including phenoxy) is 1. The molecule has 0 aliphatic heterocycles. The predicted octanol–water partition coefficient (Wildman–Crippen LogP) is 6.19. The number of aromatic nitrogens is 1. The van der Waals surface area contributed by atoms with Gasteiger partial charge in [-0.05, 0) is 55.0 Å². The Balaban J connectivity index is 1.46.